The molecule has 0 aliphatic carbocycles. The van der Waals surface area contributed by atoms with E-state index in [1.807, 2.05) is 0 Å². The number of allylic oxidation sites excluding steroid dienone is 5. The zero-order valence-electron chi connectivity index (χ0n) is 14.4. The van der Waals surface area contributed by atoms with Crippen LogP contribution >= 0.6 is 0 Å². The van der Waals surface area contributed by atoms with Crippen LogP contribution in [0, 0.1) is 5.92 Å². The third-order valence-electron chi connectivity index (χ3n) is 4.07. The minimum Gasteiger partial charge on any atom is -0.337 e. The van der Waals surface area contributed by atoms with Crippen molar-refractivity contribution in [3.05, 3.63) is 77.1 Å². The highest BCUT2D eigenvalue weighted by atomic mass is 15.2. The number of anilines is 1. The molecule has 2 rings (SSSR count). The second-order valence-electron chi connectivity index (χ2n) is 6.08. The van der Waals surface area contributed by atoms with Gasteiger partial charge < -0.3 is 4.90 Å². The van der Waals surface area contributed by atoms with Gasteiger partial charge in [-0.15, -0.1) is 0 Å². The van der Waals surface area contributed by atoms with Gasteiger partial charge in [-0.2, -0.15) is 0 Å². The fourth-order valence-electron chi connectivity index (χ4n) is 2.97. The lowest BCUT2D eigenvalue weighted by atomic mass is 9.94. The molecule has 1 heteroatoms. The fraction of sp³-hybridized carbons (Fsp3) is 0.333. The Morgan fingerprint density at radius 3 is 2.36 bits per heavy atom. The maximum Gasteiger partial charge on any atom is 0.0485 e. The number of benzene rings is 1. The Hall–Kier alpha value is -2.02. The fourth-order valence-corrected chi connectivity index (χ4v) is 2.97. The van der Waals surface area contributed by atoms with Crippen LogP contribution in [0.3, 0.4) is 0 Å². The number of para-hydroxylation sites is 1. The van der Waals surface area contributed by atoms with Crippen LogP contribution in [0.2, 0.25) is 0 Å². The summed E-state index contributed by atoms with van der Waals surface area (Å²) in [6, 6.07) is 10.7. The lowest BCUT2D eigenvalue weighted by molar-refractivity contribution is 0.779. The summed E-state index contributed by atoms with van der Waals surface area (Å²) >= 11 is 0. The minimum absolute atomic E-state index is 0.510. The van der Waals surface area contributed by atoms with E-state index < -0.39 is 0 Å². The Balaban J connectivity index is 2.57. The van der Waals surface area contributed by atoms with E-state index in [4.69, 9.17) is 0 Å². The summed E-state index contributed by atoms with van der Waals surface area (Å²) < 4.78 is 0. The predicted octanol–water partition coefficient (Wildman–Crippen LogP) is 5.89. The summed E-state index contributed by atoms with van der Waals surface area (Å²) in [6.45, 7) is 11.9. The third-order valence-corrected chi connectivity index (χ3v) is 4.07. The second kappa shape index (κ2) is 7.31. The molecule has 1 heterocycles. The molecule has 0 aromatic heterocycles. The highest BCUT2D eigenvalue weighted by molar-refractivity contribution is 5.65. The zero-order chi connectivity index (χ0) is 16.1. The standard InChI is InChI=1S/C21H27N/c1-6-11-20-21(16(3)4)18(14-17(5)7-2)15-22(20)19-12-9-8-10-13-19/h6-14,16H,15H2,1-5H3/b11-6-,17-7-,18-14+. The SMILES string of the molecule is C/C=C\C1=C(C(C)C)C(=C/C(C)=C\C)/CN1c1ccccc1. The Bertz CT molecular complexity index is 627. The molecule has 0 fully saturated rings. The first kappa shape index (κ1) is 16.4. The summed E-state index contributed by atoms with van der Waals surface area (Å²) in [5.74, 6) is 0.510. The first-order valence-electron chi connectivity index (χ1n) is 8.11. The molecule has 0 bridgehead atoms. The van der Waals surface area contributed by atoms with E-state index >= 15 is 0 Å². The molecule has 1 aliphatic heterocycles. The van der Waals surface area contributed by atoms with E-state index in [9.17, 15) is 0 Å². The van der Waals surface area contributed by atoms with Gasteiger partial charge in [-0.1, -0.05) is 55.8 Å². The third kappa shape index (κ3) is 3.41. The lowest BCUT2D eigenvalue weighted by Gasteiger charge is -2.20. The Kier molecular flexibility index (Phi) is 5.43. The minimum atomic E-state index is 0.510. The molecule has 1 aromatic rings. The van der Waals surface area contributed by atoms with Crippen molar-refractivity contribution in [2.45, 2.75) is 34.6 Å². The van der Waals surface area contributed by atoms with Gasteiger partial charge >= 0.3 is 0 Å². The number of hydrogen-bond donors (Lipinski definition) is 0. The van der Waals surface area contributed by atoms with E-state index in [0.29, 0.717) is 5.92 Å². The molecule has 0 spiro atoms. The van der Waals surface area contributed by atoms with Crippen molar-refractivity contribution in [3.63, 3.8) is 0 Å². The number of nitrogens with zero attached hydrogens (tertiary/aromatic N) is 1. The summed E-state index contributed by atoms with van der Waals surface area (Å²) in [4.78, 5) is 2.42. The quantitative estimate of drug-likeness (QED) is 0.669. The summed E-state index contributed by atoms with van der Waals surface area (Å²) in [7, 11) is 0. The molecule has 0 unspecified atom stereocenters. The Morgan fingerprint density at radius 2 is 1.82 bits per heavy atom. The number of hydrogen-bond acceptors (Lipinski definition) is 1. The van der Waals surface area contributed by atoms with Gasteiger partial charge in [0.1, 0.15) is 0 Å². The van der Waals surface area contributed by atoms with Gasteiger partial charge in [-0.3, -0.25) is 0 Å². The van der Waals surface area contributed by atoms with Crippen LogP contribution in [-0.2, 0) is 0 Å². The molecule has 1 nitrogen and oxygen atoms in total. The van der Waals surface area contributed by atoms with E-state index in [2.05, 4.69) is 94.2 Å². The van der Waals surface area contributed by atoms with Gasteiger partial charge in [0, 0.05) is 17.9 Å². The van der Waals surface area contributed by atoms with Crippen LogP contribution in [0.1, 0.15) is 34.6 Å². The monoisotopic (exact) mass is 293 g/mol. The van der Waals surface area contributed by atoms with Gasteiger partial charge in [0.05, 0.1) is 0 Å². The molecule has 116 valence electrons. The zero-order valence-corrected chi connectivity index (χ0v) is 14.4. The summed E-state index contributed by atoms with van der Waals surface area (Å²) in [5.41, 5.74) is 6.81. The van der Waals surface area contributed by atoms with Crippen LogP contribution in [-0.4, -0.2) is 6.54 Å². The molecule has 0 saturated heterocycles. The molecule has 1 aromatic carbocycles. The van der Waals surface area contributed by atoms with Crippen LogP contribution in [0.4, 0.5) is 5.69 Å². The normalized spacial score (nSPS) is 18.4. The topological polar surface area (TPSA) is 3.24 Å². The molecule has 22 heavy (non-hydrogen) atoms. The van der Waals surface area contributed by atoms with Crippen molar-refractivity contribution in [2.75, 3.05) is 11.4 Å². The summed E-state index contributed by atoms with van der Waals surface area (Å²) in [5, 5.41) is 0. The molecular formula is C21H27N. The Morgan fingerprint density at radius 1 is 1.14 bits per heavy atom. The van der Waals surface area contributed by atoms with Crippen LogP contribution < -0.4 is 4.90 Å². The van der Waals surface area contributed by atoms with Crippen molar-refractivity contribution in [1.29, 1.82) is 0 Å². The van der Waals surface area contributed by atoms with Crippen molar-refractivity contribution in [3.8, 4) is 0 Å². The predicted molar refractivity (Wildman–Crippen MR) is 98.0 cm³/mol. The molecule has 0 amide bonds. The maximum atomic E-state index is 2.42. The van der Waals surface area contributed by atoms with Crippen LogP contribution in [0.5, 0.6) is 0 Å². The molecule has 0 saturated carbocycles. The average Bonchev–Trinajstić information content (AvgIpc) is 2.86. The van der Waals surface area contributed by atoms with E-state index in [0.717, 1.165) is 6.54 Å². The molecule has 1 aliphatic rings. The first-order chi connectivity index (χ1) is 10.6. The van der Waals surface area contributed by atoms with Crippen LogP contribution in [0.25, 0.3) is 0 Å². The second-order valence-corrected chi connectivity index (χ2v) is 6.08. The van der Waals surface area contributed by atoms with Crippen molar-refractivity contribution >= 4 is 5.69 Å². The Labute approximate surface area is 135 Å². The molecular weight excluding hydrogens is 266 g/mol. The van der Waals surface area contributed by atoms with Gasteiger partial charge in [-0.25, -0.2) is 0 Å². The van der Waals surface area contributed by atoms with E-state index in [1.54, 1.807) is 0 Å². The largest absolute Gasteiger partial charge is 0.337 e. The van der Waals surface area contributed by atoms with Gasteiger partial charge in [0.25, 0.3) is 0 Å². The van der Waals surface area contributed by atoms with Crippen molar-refractivity contribution in [1.82, 2.24) is 0 Å². The average molecular weight is 293 g/mol. The van der Waals surface area contributed by atoms with E-state index in [1.165, 1.54) is 28.1 Å². The van der Waals surface area contributed by atoms with Crippen molar-refractivity contribution in [2.24, 2.45) is 5.92 Å². The number of rotatable bonds is 4. The van der Waals surface area contributed by atoms with Crippen molar-refractivity contribution < 1.29 is 0 Å². The van der Waals surface area contributed by atoms with E-state index in [-0.39, 0.29) is 0 Å². The first-order valence-corrected chi connectivity index (χ1v) is 8.11. The van der Waals surface area contributed by atoms with Gasteiger partial charge in [0.15, 0.2) is 0 Å². The van der Waals surface area contributed by atoms with Gasteiger partial charge in [0.2, 0.25) is 0 Å². The molecule has 0 radical (unpaired) electrons. The molecule has 0 atom stereocenters. The highest BCUT2D eigenvalue weighted by Crippen LogP contribution is 2.37. The van der Waals surface area contributed by atoms with Gasteiger partial charge in [-0.05, 0) is 56.0 Å². The van der Waals surface area contributed by atoms with Crippen LogP contribution in [0.15, 0.2) is 77.1 Å². The smallest absolute Gasteiger partial charge is 0.0485 e. The summed E-state index contributed by atoms with van der Waals surface area (Å²) in [6.07, 6.45) is 8.89. The lowest BCUT2D eigenvalue weighted by Crippen LogP contribution is -2.18. The maximum absolute atomic E-state index is 2.42. The highest BCUT2D eigenvalue weighted by Gasteiger charge is 2.27. The molecule has 0 N–H and O–H groups in total.